The van der Waals surface area contributed by atoms with Crippen molar-refractivity contribution in [2.24, 2.45) is 0 Å². The van der Waals surface area contributed by atoms with Gasteiger partial charge in [0, 0.05) is 19.3 Å². The normalized spacial score (nSPS) is 18.0. The molecule has 1 aliphatic heterocycles. The number of nitrogens with zero attached hydrogens (tertiary/aromatic N) is 2. The zero-order valence-electron chi connectivity index (χ0n) is 9.20. The molecule has 1 saturated heterocycles. The Hall–Kier alpha value is -1.40. The van der Waals surface area contributed by atoms with E-state index in [0.29, 0.717) is 6.54 Å². The minimum absolute atomic E-state index is 0.0169. The largest absolute Gasteiger partial charge is 0.322 e. The molecule has 0 unspecified atom stereocenters. The number of carbonyl (C=O) groups is 1. The van der Waals surface area contributed by atoms with Gasteiger partial charge in [0.25, 0.3) is 0 Å². The molecule has 0 bridgehead atoms. The first kappa shape index (κ1) is 11.1. The number of hydrogen-bond donors (Lipinski definition) is 3. The van der Waals surface area contributed by atoms with E-state index in [-0.39, 0.29) is 5.91 Å². The Morgan fingerprint density at radius 2 is 2.44 bits per heavy atom. The molecule has 3 N–H and O–H groups in total. The van der Waals surface area contributed by atoms with Crippen LogP contribution in [0.3, 0.4) is 0 Å². The Labute approximate surface area is 94.4 Å². The molecule has 1 fully saturated rings. The molecular formula is C10H17N5O. The van der Waals surface area contributed by atoms with E-state index in [1.807, 2.05) is 0 Å². The van der Waals surface area contributed by atoms with E-state index in [4.69, 9.17) is 0 Å². The van der Waals surface area contributed by atoms with Gasteiger partial charge in [-0.1, -0.05) is 0 Å². The van der Waals surface area contributed by atoms with E-state index in [9.17, 15) is 4.79 Å². The molecule has 0 saturated carbocycles. The minimum atomic E-state index is 0.0169. The van der Waals surface area contributed by atoms with Gasteiger partial charge in [-0.25, -0.2) is 0 Å². The summed E-state index contributed by atoms with van der Waals surface area (Å²) in [6, 6.07) is 0. The van der Waals surface area contributed by atoms with E-state index < -0.39 is 0 Å². The highest BCUT2D eigenvalue weighted by atomic mass is 16.2. The van der Waals surface area contributed by atoms with Crippen molar-refractivity contribution < 1.29 is 4.79 Å². The SMILES string of the molecule is O=C(CN1CCCNCC1)Nc1cn[nH]c1. The summed E-state index contributed by atoms with van der Waals surface area (Å²) in [5.41, 5.74) is 0.720. The first-order valence-corrected chi connectivity index (χ1v) is 5.56. The van der Waals surface area contributed by atoms with Crippen LogP contribution in [0.2, 0.25) is 0 Å². The molecule has 6 nitrogen and oxygen atoms in total. The molecule has 0 spiro atoms. The van der Waals surface area contributed by atoms with Crippen molar-refractivity contribution >= 4 is 11.6 Å². The number of aromatic nitrogens is 2. The van der Waals surface area contributed by atoms with Gasteiger partial charge in [0.2, 0.25) is 5.91 Å². The van der Waals surface area contributed by atoms with Crippen molar-refractivity contribution in [1.29, 1.82) is 0 Å². The second-order valence-electron chi connectivity index (χ2n) is 3.91. The lowest BCUT2D eigenvalue weighted by Crippen LogP contribution is -2.35. The highest BCUT2D eigenvalue weighted by Crippen LogP contribution is 2.02. The third kappa shape index (κ3) is 3.32. The standard InChI is InChI=1S/C10H17N5O/c16-10(14-9-6-12-13-7-9)8-15-4-1-2-11-3-5-15/h6-7,11H,1-5,8H2,(H,12,13)(H,14,16). The maximum absolute atomic E-state index is 11.7. The fourth-order valence-electron chi connectivity index (χ4n) is 1.78. The highest BCUT2D eigenvalue weighted by Gasteiger charge is 2.12. The Balaban J connectivity index is 1.77. The smallest absolute Gasteiger partial charge is 0.238 e. The molecule has 0 radical (unpaired) electrons. The molecule has 0 atom stereocenters. The van der Waals surface area contributed by atoms with Gasteiger partial charge < -0.3 is 10.6 Å². The van der Waals surface area contributed by atoms with Gasteiger partial charge in [-0.15, -0.1) is 0 Å². The molecule has 2 rings (SSSR count). The lowest BCUT2D eigenvalue weighted by Gasteiger charge is -2.18. The van der Waals surface area contributed by atoms with Crippen molar-refractivity contribution in [2.75, 3.05) is 38.0 Å². The third-order valence-corrected chi connectivity index (χ3v) is 2.58. The number of anilines is 1. The van der Waals surface area contributed by atoms with Gasteiger partial charge in [0.1, 0.15) is 0 Å². The van der Waals surface area contributed by atoms with Crippen LogP contribution >= 0.6 is 0 Å². The lowest BCUT2D eigenvalue weighted by molar-refractivity contribution is -0.117. The highest BCUT2D eigenvalue weighted by molar-refractivity contribution is 5.91. The average molecular weight is 223 g/mol. The Morgan fingerprint density at radius 1 is 1.50 bits per heavy atom. The first-order chi connectivity index (χ1) is 7.84. The topological polar surface area (TPSA) is 73.1 Å². The monoisotopic (exact) mass is 223 g/mol. The summed E-state index contributed by atoms with van der Waals surface area (Å²) in [7, 11) is 0. The fourth-order valence-corrected chi connectivity index (χ4v) is 1.78. The van der Waals surface area contributed by atoms with E-state index in [1.165, 1.54) is 0 Å². The van der Waals surface area contributed by atoms with Crippen LogP contribution < -0.4 is 10.6 Å². The maximum Gasteiger partial charge on any atom is 0.238 e. The van der Waals surface area contributed by atoms with E-state index in [0.717, 1.165) is 38.3 Å². The van der Waals surface area contributed by atoms with Gasteiger partial charge in [-0.2, -0.15) is 5.10 Å². The molecule has 16 heavy (non-hydrogen) atoms. The first-order valence-electron chi connectivity index (χ1n) is 5.56. The number of rotatable bonds is 3. The third-order valence-electron chi connectivity index (χ3n) is 2.58. The van der Waals surface area contributed by atoms with Gasteiger partial charge in [0.05, 0.1) is 18.4 Å². The van der Waals surface area contributed by atoms with Gasteiger partial charge in [-0.05, 0) is 19.5 Å². The molecule has 0 aromatic carbocycles. The van der Waals surface area contributed by atoms with Crippen LogP contribution in [0.1, 0.15) is 6.42 Å². The molecule has 0 aliphatic carbocycles. The van der Waals surface area contributed by atoms with Crippen LogP contribution in [0.15, 0.2) is 12.4 Å². The molecule has 6 heteroatoms. The van der Waals surface area contributed by atoms with Gasteiger partial charge in [0.15, 0.2) is 0 Å². The summed E-state index contributed by atoms with van der Waals surface area (Å²) in [4.78, 5) is 13.8. The zero-order chi connectivity index (χ0) is 11.2. The van der Waals surface area contributed by atoms with E-state index >= 15 is 0 Å². The van der Waals surface area contributed by atoms with E-state index in [2.05, 4.69) is 25.7 Å². The summed E-state index contributed by atoms with van der Waals surface area (Å²) in [5.74, 6) is 0.0169. The van der Waals surface area contributed by atoms with Crippen LogP contribution in [0.4, 0.5) is 5.69 Å². The van der Waals surface area contributed by atoms with Crippen LogP contribution in [0.5, 0.6) is 0 Å². The number of H-pyrrole nitrogens is 1. The van der Waals surface area contributed by atoms with Crippen LogP contribution in [0.25, 0.3) is 0 Å². The van der Waals surface area contributed by atoms with Crippen LogP contribution in [0, 0.1) is 0 Å². The Bertz CT molecular complexity index is 316. The minimum Gasteiger partial charge on any atom is -0.322 e. The van der Waals surface area contributed by atoms with Crippen molar-refractivity contribution in [3.05, 3.63) is 12.4 Å². The van der Waals surface area contributed by atoms with Crippen LogP contribution in [-0.2, 0) is 4.79 Å². The Kier molecular flexibility index (Phi) is 3.90. The summed E-state index contributed by atoms with van der Waals surface area (Å²) >= 11 is 0. The number of aromatic amines is 1. The average Bonchev–Trinajstić information content (AvgIpc) is 2.62. The quantitative estimate of drug-likeness (QED) is 0.654. The van der Waals surface area contributed by atoms with Crippen molar-refractivity contribution in [3.8, 4) is 0 Å². The number of hydrogen-bond acceptors (Lipinski definition) is 4. The second-order valence-corrected chi connectivity index (χ2v) is 3.91. The summed E-state index contributed by atoms with van der Waals surface area (Å²) < 4.78 is 0. The van der Waals surface area contributed by atoms with Crippen LogP contribution in [-0.4, -0.2) is 53.7 Å². The predicted octanol–water partition coefficient (Wildman–Crippen LogP) is -0.356. The van der Waals surface area contributed by atoms with Crippen molar-refractivity contribution in [3.63, 3.8) is 0 Å². The molecule has 2 heterocycles. The maximum atomic E-state index is 11.7. The van der Waals surface area contributed by atoms with E-state index in [1.54, 1.807) is 12.4 Å². The molecule has 1 aromatic heterocycles. The number of amides is 1. The molecule has 1 aliphatic rings. The summed E-state index contributed by atoms with van der Waals surface area (Å²) in [5, 5.41) is 12.5. The predicted molar refractivity (Wildman–Crippen MR) is 61.1 cm³/mol. The molecule has 1 aromatic rings. The number of nitrogens with one attached hydrogen (secondary N) is 3. The zero-order valence-corrected chi connectivity index (χ0v) is 9.20. The number of carbonyl (C=O) groups excluding carboxylic acids is 1. The second kappa shape index (κ2) is 5.62. The summed E-state index contributed by atoms with van der Waals surface area (Å²) in [6.07, 6.45) is 4.36. The lowest BCUT2D eigenvalue weighted by atomic mass is 10.4. The van der Waals surface area contributed by atoms with Gasteiger partial charge in [-0.3, -0.25) is 14.8 Å². The Morgan fingerprint density at radius 3 is 3.25 bits per heavy atom. The van der Waals surface area contributed by atoms with Crippen molar-refractivity contribution in [2.45, 2.75) is 6.42 Å². The summed E-state index contributed by atoms with van der Waals surface area (Å²) in [6.45, 7) is 4.36. The fraction of sp³-hybridized carbons (Fsp3) is 0.600. The van der Waals surface area contributed by atoms with Crippen molar-refractivity contribution in [1.82, 2.24) is 20.4 Å². The molecular weight excluding hydrogens is 206 g/mol. The molecule has 1 amide bonds. The van der Waals surface area contributed by atoms with Gasteiger partial charge >= 0.3 is 0 Å². The molecule has 88 valence electrons.